The number of aliphatic imine (C=N–C) groups is 1. The van der Waals surface area contributed by atoms with Crippen molar-refractivity contribution in [2.45, 2.75) is 19.1 Å². The van der Waals surface area contributed by atoms with Crippen molar-refractivity contribution >= 4 is 39.9 Å². The molecule has 0 fully saturated rings. The van der Waals surface area contributed by atoms with E-state index in [-0.39, 0.29) is 10.8 Å². The quantitative estimate of drug-likeness (QED) is 0.718. The summed E-state index contributed by atoms with van der Waals surface area (Å²) in [4.78, 5) is 15.8. The second kappa shape index (κ2) is 6.16. The Balaban J connectivity index is 1.85. The van der Waals surface area contributed by atoms with E-state index in [9.17, 15) is 4.79 Å². The second-order valence-electron chi connectivity index (χ2n) is 5.77. The molecule has 1 N–H and O–H groups in total. The molecule has 0 radical (unpaired) electrons. The zero-order valence-electron chi connectivity index (χ0n) is 13.6. The van der Waals surface area contributed by atoms with Crippen LogP contribution in [0.15, 0.2) is 46.1 Å². The van der Waals surface area contributed by atoms with E-state index in [4.69, 9.17) is 10.1 Å². The maximum Gasteiger partial charge on any atom is 0.335 e. The van der Waals surface area contributed by atoms with Crippen LogP contribution in [0.2, 0.25) is 0 Å². The van der Waals surface area contributed by atoms with E-state index in [2.05, 4.69) is 21.9 Å². The molecule has 7 heteroatoms. The molecule has 0 saturated heterocycles. The molecule has 0 unspecified atom stereocenters. The van der Waals surface area contributed by atoms with E-state index in [1.165, 1.54) is 5.56 Å². The minimum absolute atomic E-state index is 0.186. The molecule has 0 saturated carbocycles. The SMILES string of the molecule is CC1=Nc2c(c(C)nn2-c2ccc(C(=O)O)cc2)[C@H](c2ccsc2)S1. The maximum absolute atomic E-state index is 11.1. The molecule has 3 heterocycles. The number of fused-ring (bicyclic) bond motifs is 1. The molecule has 0 bridgehead atoms. The number of rotatable bonds is 3. The fraction of sp³-hybridized carbons (Fsp3) is 0.167. The molecule has 1 aliphatic heterocycles. The molecule has 3 aromatic rings. The molecular weight excluding hydrogens is 354 g/mol. The number of aromatic carboxylic acids is 1. The van der Waals surface area contributed by atoms with Gasteiger partial charge in [-0.2, -0.15) is 16.4 Å². The highest BCUT2D eigenvalue weighted by Gasteiger charge is 2.30. The lowest BCUT2D eigenvalue weighted by Crippen LogP contribution is -2.06. The fourth-order valence-corrected chi connectivity index (χ4v) is 4.86. The van der Waals surface area contributed by atoms with Crippen molar-refractivity contribution in [1.82, 2.24) is 9.78 Å². The van der Waals surface area contributed by atoms with Crippen LogP contribution in [0.3, 0.4) is 0 Å². The first kappa shape index (κ1) is 16.1. The van der Waals surface area contributed by atoms with Gasteiger partial charge < -0.3 is 5.11 Å². The molecule has 2 aromatic heterocycles. The molecule has 0 amide bonds. The number of carboxylic acids is 1. The lowest BCUT2D eigenvalue weighted by Gasteiger charge is -2.20. The van der Waals surface area contributed by atoms with Crippen LogP contribution >= 0.6 is 23.1 Å². The minimum Gasteiger partial charge on any atom is -0.478 e. The number of carbonyl (C=O) groups is 1. The third-order valence-corrected chi connectivity index (χ3v) is 5.98. The normalized spacial score (nSPS) is 16.4. The van der Waals surface area contributed by atoms with Crippen molar-refractivity contribution in [3.05, 3.63) is 63.5 Å². The zero-order valence-corrected chi connectivity index (χ0v) is 15.3. The van der Waals surface area contributed by atoms with Gasteiger partial charge in [0, 0.05) is 5.56 Å². The highest BCUT2D eigenvalue weighted by atomic mass is 32.2. The highest BCUT2D eigenvalue weighted by molar-refractivity contribution is 8.14. The third kappa shape index (κ3) is 2.79. The van der Waals surface area contributed by atoms with Crippen molar-refractivity contribution < 1.29 is 9.90 Å². The number of aromatic nitrogens is 2. The van der Waals surface area contributed by atoms with Crippen LogP contribution in [0.5, 0.6) is 0 Å². The first-order chi connectivity index (χ1) is 12.0. The lowest BCUT2D eigenvalue weighted by atomic mass is 10.1. The number of hydrogen-bond acceptors (Lipinski definition) is 5. The Hall–Kier alpha value is -2.38. The fourth-order valence-electron chi connectivity index (χ4n) is 2.93. The summed E-state index contributed by atoms with van der Waals surface area (Å²) in [6.45, 7) is 4.00. The Morgan fingerprint density at radius 2 is 1.96 bits per heavy atom. The Morgan fingerprint density at radius 3 is 2.60 bits per heavy atom. The zero-order chi connectivity index (χ0) is 17.6. The average Bonchev–Trinajstić information content (AvgIpc) is 3.23. The smallest absolute Gasteiger partial charge is 0.335 e. The number of benzene rings is 1. The van der Waals surface area contributed by atoms with Gasteiger partial charge in [-0.1, -0.05) is 11.8 Å². The number of nitrogens with zero attached hydrogens (tertiary/aromatic N) is 3. The van der Waals surface area contributed by atoms with Gasteiger partial charge in [0.05, 0.1) is 27.2 Å². The largest absolute Gasteiger partial charge is 0.478 e. The monoisotopic (exact) mass is 369 g/mol. The van der Waals surface area contributed by atoms with E-state index < -0.39 is 5.97 Å². The van der Waals surface area contributed by atoms with Gasteiger partial charge in [-0.25, -0.2) is 14.5 Å². The van der Waals surface area contributed by atoms with E-state index >= 15 is 0 Å². The summed E-state index contributed by atoms with van der Waals surface area (Å²) in [7, 11) is 0. The average molecular weight is 369 g/mol. The van der Waals surface area contributed by atoms with Gasteiger partial charge in [-0.05, 0) is 60.5 Å². The summed E-state index contributed by atoms with van der Waals surface area (Å²) in [5, 5.41) is 19.2. The van der Waals surface area contributed by atoms with E-state index in [0.29, 0.717) is 0 Å². The van der Waals surface area contributed by atoms with Crippen LogP contribution in [0.25, 0.3) is 5.69 Å². The van der Waals surface area contributed by atoms with E-state index in [0.717, 1.165) is 27.8 Å². The Bertz CT molecular complexity index is 973. The van der Waals surface area contributed by atoms with Crippen molar-refractivity contribution in [2.24, 2.45) is 4.99 Å². The lowest BCUT2D eigenvalue weighted by molar-refractivity contribution is 0.0697. The van der Waals surface area contributed by atoms with Gasteiger partial charge >= 0.3 is 5.97 Å². The summed E-state index contributed by atoms with van der Waals surface area (Å²) in [5.41, 5.74) is 4.39. The van der Waals surface area contributed by atoms with Crippen LogP contribution < -0.4 is 0 Å². The summed E-state index contributed by atoms with van der Waals surface area (Å²) < 4.78 is 1.80. The van der Waals surface area contributed by atoms with Gasteiger partial charge in [-0.3, -0.25) is 0 Å². The van der Waals surface area contributed by atoms with Gasteiger partial charge in [0.25, 0.3) is 0 Å². The molecule has 1 aromatic carbocycles. The van der Waals surface area contributed by atoms with Crippen LogP contribution in [0.4, 0.5) is 5.82 Å². The van der Waals surface area contributed by atoms with Gasteiger partial charge in [-0.15, -0.1) is 0 Å². The van der Waals surface area contributed by atoms with E-state index in [1.807, 2.05) is 13.8 Å². The Kier molecular flexibility index (Phi) is 3.97. The molecule has 25 heavy (non-hydrogen) atoms. The maximum atomic E-state index is 11.1. The number of hydrogen-bond donors (Lipinski definition) is 1. The van der Waals surface area contributed by atoms with Crippen LogP contribution in [0, 0.1) is 6.92 Å². The van der Waals surface area contributed by atoms with Crippen LogP contribution in [0.1, 0.15) is 39.4 Å². The minimum atomic E-state index is -0.937. The molecule has 0 aliphatic carbocycles. The molecule has 5 nitrogen and oxygen atoms in total. The van der Waals surface area contributed by atoms with Crippen molar-refractivity contribution in [2.75, 3.05) is 0 Å². The Labute approximate surface area is 153 Å². The molecule has 1 atom stereocenters. The van der Waals surface area contributed by atoms with Crippen molar-refractivity contribution in [1.29, 1.82) is 0 Å². The van der Waals surface area contributed by atoms with Crippen LogP contribution in [-0.4, -0.2) is 25.9 Å². The molecule has 1 aliphatic rings. The first-order valence-electron chi connectivity index (χ1n) is 7.72. The number of thiophene rings is 1. The topological polar surface area (TPSA) is 67.5 Å². The summed E-state index contributed by atoms with van der Waals surface area (Å²) in [6, 6.07) is 8.85. The summed E-state index contributed by atoms with van der Waals surface area (Å²) in [5.74, 6) is -0.110. The van der Waals surface area contributed by atoms with Gasteiger partial charge in [0.15, 0.2) is 5.82 Å². The molecule has 126 valence electrons. The number of carboxylic acid groups (broad SMARTS) is 1. The predicted molar refractivity (Wildman–Crippen MR) is 102 cm³/mol. The standard InChI is InChI=1S/C18H15N3O2S2/c1-10-15-16(13-7-8-24-9-13)25-11(2)19-17(15)21(20-10)14-5-3-12(4-6-14)18(22)23/h3-9,16H,1-2H3,(H,22,23)/t16-/m0/s1. The number of thioether (sulfide) groups is 1. The van der Waals surface area contributed by atoms with Crippen molar-refractivity contribution in [3.63, 3.8) is 0 Å². The Morgan fingerprint density at radius 1 is 1.20 bits per heavy atom. The van der Waals surface area contributed by atoms with E-state index in [1.54, 1.807) is 52.0 Å². The molecular formula is C18H15N3O2S2. The molecule has 4 rings (SSSR count). The molecule has 0 spiro atoms. The van der Waals surface area contributed by atoms with Crippen LogP contribution in [-0.2, 0) is 0 Å². The van der Waals surface area contributed by atoms with Gasteiger partial charge in [0.1, 0.15) is 0 Å². The highest BCUT2D eigenvalue weighted by Crippen LogP contribution is 2.47. The first-order valence-corrected chi connectivity index (χ1v) is 9.54. The predicted octanol–water partition coefficient (Wildman–Crippen LogP) is 4.83. The third-order valence-electron chi connectivity index (χ3n) is 4.10. The second-order valence-corrected chi connectivity index (χ2v) is 7.85. The number of aryl methyl sites for hydroxylation is 1. The van der Waals surface area contributed by atoms with Crippen molar-refractivity contribution in [3.8, 4) is 5.69 Å². The van der Waals surface area contributed by atoms with Gasteiger partial charge in [0.2, 0.25) is 0 Å². The summed E-state index contributed by atoms with van der Waals surface area (Å²) >= 11 is 3.43. The summed E-state index contributed by atoms with van der Waals surface area (Å²) in [6.07, 6.45) is 0.